The molecule has 78 valence electrons. The van der Waals surface area contributed by atoms with Crippen LogP contribution in [0.4, 0.5) is 0 Å². The Balaban J connectivity index is 2.96. The zero-order chi connectivity index (χ0) is 10.8. The van der Waals surface area contributed by atoms with Gasteiger partial charge in [0.25, 0.3) is 0 Å². The monoisotopic (exact) mass is 193 g/mol. The van der Waals surface area contributed by atoms with Gasteiger partial charge >= 0.3 is 0 Å². The summed E-state index contributed by atoms with van der Waals surface area (Å²) in [4.78, 5) is 4.26. The van der Waals surface area contributed by atoms with Gasteiger partial charge in [0.1, 0.15) is 5.60 Å². The molecule has 2 heteroatoms. The second kappa shape index (κ2) is 3.99. The first kappa shape index (κ1) is 11.0. The summed E-state index contributed by atoms with van der Waals surface area (Å²) in [6, 6.07) is 4.02. The number of aromatic nitrogens is 1. The third-order valence-electron chi connectivity index (χ3n) is 1.83. The molecule has 0 aliphatic rings. The molecule has 0 saturated heterocycles. The zero-order valence-electron chi connectivity index (χ0n) is 9.66. The number of hydrogen-bond acceptors (Lipinski definition) is 2. The van der Waals surface area contributed by atoms with Gasteiger partial charge in [-0.05, 0) is 32.8 Å². The van der Waals surface area contributed by atoms with Crippen LogP contribution in [-0.4, -0.2) is 10.6 Å². The van der Waals surface area contributed by atoms with E-state index in [9.17, 15) is 0 Å². The van der Waals surface area contributed by atoms with E-state index in [0.29, 0.717) is 5.92 Å². The molecule has 2 nitrogen and oxygen atoms in total. The van der Waals surface area contributed by atoms with Gasteiger partial charge in [0.15, 0.2) is 0 Å². The van der Waals surface area contributed by atoms with E-state index < -0.39 is 0 Å². The summed E-state index contributed by atoms with van der Waals surface area (Å²) in [5.41, 5.74) is 0.986. The maximum absolute atomic E-state index is 5.78. The highest BCUT2D eigenvalue weighted by atomic mass is 16.5. The number of rotatable bonds is 2. The summed E-state index contributed by atoms with van der Waals surface area (Å²) in [5, 5.41) is 0. The van der Waals surface area contributed by atoms with Gasteiger partial charge in [0.2, 0.25) is 5.88 Å². The van der Waals surface area contributed by atoms with E-state index in [-0.39, 0.29) is 5.60 Å². The second-order valence-corrected chi connectivity index (χ2v) is 4.77. The molecule has 0 saturated carbocycles. The maximum atomic E-state index is 5.78. The van der Waals surface area contributed by atoms with Gasteiger partial charge in [0, 0.05) is 11.8 Å². The van der Waals surface area contributed by atoms with Crippen molar-refractivity contribution in [2.24, 2.45) is 0 Å². The quantitative estimate of drug-likeness (QED) is 0.718. The largest absolute Gasteiger partial charge is 0.472 e. The third kappa shape index (κ3) is 3.02. The summed E-state index contributed by atoms with van der Waals surface area (Å²) < 4.78 is 5.78. The van der Waals surface area contributed by atoms with E-state index in [1.54, 1.807) is 6.20 Å². The lowest BCUT2D eigenvalue weighted by molar-refractivity contribution is 0.122. The Morgan fingerprint density at radius 1 is 1.29 bits per heavy atom. The fourth-order valence-corrected chi connectivity index (χ4v) is 1.22. The molecule has 0 bridgehead atoms. The van der Waals surface area contributed by atoms with E-state index in [1.165, 1.54) is 5.56 Å². The van der Waals surface area contributed by atoms with Crippen molar-refractivity contribution in [1.82, 2.24) is 4.98 Å². The van der Waals surface area contributed by atoms with Crippen LogP contribution in [0.15, 0.2) is 18.3 Å². The minimum Gasteiger partial charge on any atom is -0.472 e. The Labute approximate surface area is 86.3 Å². The number of nitrogens with zero attached hydrogens (tertiary/aromatic N) is 1. The molecule has 1 aromatic heterocycles. The van der Waals surface area contributed by atoms with Crippen molar-refractivity contribution < 1.29 is 4.74 Å². The molecular weight excluding hydrogens is 174 g/mol. The number of ether oxygens (including phenoxy) is 1. The minimum absolute atomic E-state index is 0.183. The highest BCUT2D eigenvalue weighted by Crippen LogP contribution is 2.26. The molecule has 1 rings (SSSR count). The fraction of sp³-hybridized carbons (Fsp3) is 0.583. The molecule has 0 amide bonds. The van der Waals surface area contributed by atoms with Crippen LogP contribution in [0, 0.1) is 0 Å². The standard InChI is InChI=1S/C12H19NO/c1-9(2)10-7-6-8-13-11(10)14-12(3,4)5/h6-9H,1-5H3. The Hall–Kier alpha value is -1.05. The van der Waals surface area contributed by atoms with Crippen LogP contribution in [0.3, 0.4) is 0 Å². The summed E-state index contributed by atoms with van der Waals surface area (Å²) in [5.74, 6) is 1.20. The smallest absolute Gasteiger partial charge is 0.217 e. The molecule has 0 N–H and O–H groups in total. The summed E-state index contributed by atoms with van der Waals surface area (Å²) in [7, 11) is 0. The molecule has 1 heterocycles. The Morgan fingerprint density at radius 3 is 2.43 bits per heavy atom. The molecule has 1 aromatic rings. The first-order valence-electron chi connectivity index (χ1n) is 5.04. The molecule has 0 aliphatic carbocycles. The third-order valence-corrected chi connectivity index (χ3v) is 1.83. The first-order valence-corrected chi connectivity index (χ1v) is 5.04. The van der Waals surface area contributed by atoms with Crippen molar-refractivity contribution >= 4 is 0 Å². The van der Waals surface area contributed by atoms with Gasteiger partial charge in [-0.2, -0.15) is 0 Å². The van der Waals surface area contributed by atoms with E-state index in [0.717, 1.165) is 5.88 Å². The van der Waals surface area contributed by atoms with E-state index in [1.807, 2.05) is 26.8 Å². The molecule has 0 unspecified atom stereocenters. The van der Waals surface area contributed by atoms with Crippen molar-refractivity contribution in [2.45, 2.75) is 46.1 Å². The molecule has 0 spiro atoms. The highest BCUT2D eigenvalue weighted by molar-refractivity contribution is 5.28. The lowest BCUT2D eigenvalue weighted by atomic mass is 10.1. The van der Waals surface area contributed by atoms with Gasteiger partial charge < -0.3 is 4.74 Å². The molecule has 0 atom stereocenters. The van der Waals surface area contributed by atoms with Crippen molar-refractivity contribution in [2.75, 3.05) is 0 Å². The highest BCUT2D eigenvalue weighted by Gasteiger charge is 2.16. The number of pyridine rings is 1. The van der Waals surface area contributed by atoms with Crippen LogP contribution in [0.1, 0.15) is 46.1 Å². The van der Waals surface area contributed by atoms with Gasteiger partial charge in [-0.15, -0.1) is 0 Å². The normalized spacial score (nSPS) is 11.9. The van der Waals surface area contributed by atoms with Crippen LogP contribution < -0.4 is 4.74 Å². The predicted molar refractivity (Wildman–Crippen MR) is 58.7 cm³/mol. The van der Waals surface area contributed by atoms with E-state index in [2.05, 4.69) is 24.9 Å². The average molecular weight is 193 g/mol. The SMILES string of the molecule is CC(C)c1cccnc1OC(C)(C)C. The van der Waals surface area contributed by atoms with Crippen molar-refractivity contribution in [3.63, 3.8) is 0 Å². The summed E-state index contributed by atoms with van der Waals surface area (Å²) >= 11 is 0. The van der Waals surface area contributed by atoms with Gasteiger partial charge in [-0.25, -0.2) is 4.98 Å². The first-order chi connectivity index (χ1) is 6.40. The van der Waals surface area contributed by atoms with Crippen LogP contribution in [0.2, 0.25) is 0 Å². The van der Waals surface area contributed by atoms with E-state index >= 15 is 0 Å². The lowest BCUT2D eigenvalue weighted by Gasteiger charge is -2.22. The predicted octanol–water partition coefficient (Wildman–Crippen LogP) is 3.38. The molecule has 0 radical (unpaired) electrons. The Morgan fingerprint density at radius 2 is 1.93 bits per heavy atom. The molecule has 0 aliphatic heterocycles. The van der Waals surface area contributed by atoms with Crippen LogP contribution >= 0.6 is 0 Å². The topological polar surface area (TPSA) is 22.1 Å². The zero-order valence-corrected chi connectivity index (χ0v) is 9.66. The van der Waals surface area contributed by atoms with Crippen LogP contribution in [0.5, 0.6) is 5.88 Å². The van der Waals surface area contributed by atoms with Crippen LogP contribution in [0.25, 0.3) is 0 Å². The Bertz CT molecular complexity index is 299. The minimum atomic E-state index is -0.183. The lowest BCUT2D eigenvalue weighted by Crippen LogP contribution is -2.24. The molecule has 14 heavy (non-hydrogen) atoms. The molecule has 0 aromatic carbocycles. The maximum Gasteiger partial charge on any atom is 0.217 e. The van der Waals surface area contributed by atoms with Gasteiger partial charge in [-0.3, -0.25) is 0 Å². The van der Waals surface area contributed by atoms with Crippen LogP contribution in [-0.2, 0) is 0 Å². The van der Waals surface area contributed by atoms with Crippen molar-refractivity contribution in [1.29, 1.82) is 0 Å². The summed E-state index contributed by atoms with van der Waals surface area (Å²) in [6.07, 6.45) is 1.77. The van der Waals surface area contributed by atoms with E-state index in [4.69, 9.17) is 4.74 Å². The summed E-state index contributed by atoms with van der Waals surface area (Å²) in [6.45, 7) is 10.4. The molecular formula is C12H19NO. The molecule has 0 fully saturated rings. The van der Waals surface area contributed by atoms with Gasteiger partial charge in [-0.1, -0.05) is 19.9 Å². The Kier molecular flexibility index (Phi) is 3.14. The average Bonchev–Trinajstić information content (AvgIpc) is 2.01. The van der Waals surface area contributed by atoms with Crippen molar-refractivity contribution in [3.8, 4) is 5.88 Å². The fourth-order valence-electron chi connectivity index (χ4n) is 1.22. The number of hydrogen-bond donors (Lipinski definition) is 0. The van der Waals surface area contributed by atoms with Crippen molar-refractivity contribution in [3.05, 3.63) is 23.9 Å². The second-order valence-electron chi connectivity index (χ2n) is 4.77. The van der Waals surface area contributed by atoms with Gasteiger partial charge in [0.05, 0.1) is 0 Å².